The summed E-state index contributed by atoms with van der Waals surface area (Å²) < 4.78 is 56.3. The van der Waals surface area contributed by atoms with Crippen LogP contribution in [0, 0.1) is 11.7 Å². The third kappa shape index (κ3) is 4.21. The second-order valence-electron chi connectivity index (χ2n) is 5.01. The zero-order chi connectivity index (χ0) is 15.5. The molecule has 0 fully saturated rings. The van der Waals surface area contributed by atoms with Crippen molar-refractivity contribution in [3.8, 4) is 0 Å². The van der Waals surface area contributed by atoms with Crippen LogP contribution in [0.4, 0.5) is 17.6 Å². The van der Waals surface area contributed by atoms with Gasteiger partial charge in [0.25, 0.3) is 0 Å². The summed E-state index contributed by atoms with van der Waals surface area (Å²) >= 11 is 0. The molecule has 0 saturated heterocycles. The van der Waals surface area contributed by atoms with E-state index in [1.807, 2.05) is 13.8 Å². The summed E-state index contributed by atoms with van der Waals surface area (Å²) in [6.07, 6.45) is -4.78. The summed E-state index contributed by atoms with van der Waals surface area (Å²) in [5, 5.41) is 0. The van der Waals surface area contributed by atoms with E-state index < -0.39 is 35.2 Å². The molecule has 1 unspecified atom stereocenters. The van der Waals surface area contributed by atoms with Crippen molar-refractivity contribution < 1.29 is 27.1 Å². The van der Waals surface area contributed by atoms with Gasteiger partial charge in [-0.15, -0.1) is 0 Å². The van der Waals surface area contributed by atoms with Gasteiger partial charge in [0.15, 0.2) is 0 Å². The SMILES string of the molecule is CC(C)CC(C)OC(=O)c1cccc(C(F)(F)F)c1F. The highest BCUT2D eigenvalue weighted by atomic mass is 19.4. The van der Waals surface area contributed by atoms with Crippen LogP contribution >= 0.6 is 0 Å². The maximum absolute atomic E-state index is 13.7. The van der Waals surface area contributed by atoms with E-state index in [0.29, 0.717) is 12.5 Å². The molecule has 0 heterocycles. The maximum Gasteiger partial charge on any atom is 0.419 e. The fourth-order valence-electron chi connectivity index (χ4n) is 1.87. The first-order valence-electron chi connectivity index (χ1n) is 6.19. The number of benzene rings is 1. The summed E-state index contributed by atoms with van der Waals surface area (Å²) in [6.45, 7) is 5.44. The average molecular weight is 292 g/mol. The largest absolute Gasteiger partial charge is 0.459 e. The second kappa shape index (κ2) is 6.24. The maximum atomic E-state index is 13.7. The summed E-state index contributed by atoms with van der Waals surface area (Å²) in [6, 6.07) is 2.55. The molecule has 112 valence electrons. The Morgan fingerprint density at radius 2 is 1.85 bits per heavy atom. The molecule has 0 N–H and O–H groups in total. The normalized spacial score (nSPS) is 13.4. The number of carbonyl (C=O) groups is 1. The highest BCUT2D eigenvalue weighted by molar-refractivity contribution is 5.90. The lowest BCUT2D eigenvalue weighted by Crippen LogP contribution is -2.19. The van der Waals surface area contributed by atoms with Gasteiger partial charge in [-0.05, 0) is 31.4 Å². The molecule has 0 aliphatic rings. The fraction of sp³-hybridized carbons (Fsp3) is 0.500. The molecule has 0 bridgehead atoms. The van der Waals surface area contributed by atoms with Crippen LogP contribution in [0.15, 0.2) is 18.2 Å². The lowest BCUT2D eigenvalue weighted by Gasteiger charge is -2.16. The smallest absolute Gasteiger partial charge is 0.419 e. The Hall–Kier alpha value is -1.59. The van der Waals surface area contributed by atoms with E-state index >= 15 is 0 Å². The highest BCUT2D eigenvalue weighted by Gasteiger charge is 2.36. The molecular weight excluding hydrogens is 276 g/mol. The minimum absolute atomic E-state index is 0.254. The van der Waals surface area contributed by atoms with Crippen molar-refractivity contribution in [2.45, 2.75) is 39.5 Å². The molecule has 1 rings (SSSR count). The van der Waals surface area contributed by atoms with E-state index in [4.69, 9.17) is 4.74 Å². The Morgan fingerprint density at radius 1 is 1.25 bits per heavy atom. The van der Waals surface area contributed by atoms with Crippen molar-refractivity contribution in [3.63, 3.8) is 0 Å². The van der Waals surface area contributed by atoms with Gasteiger partial charge < -0.3 is 4.74 Å². The quantitative estimate of drug-likeness (QED) is 0.606. The Kier molecular flexibility index (Phi) is 5.14. The number of hydrogen-bond acceptors (Lipinski definition) is 2. The minimum Gasteiger partial charge on any atom is -0.459 e. The van der Waals surface area contributed by atoms with E-state index in [2.05, 4.69) is 0 Å². The van der Waals surface area contributed by atoms with Crippen LogP contribution in [-0.4, -0.2) is 12.1 Å². The van der Waals surface area contributed by atoms with Gasteiger partial charge in [-0.25, -0.2) is 9.18 Å². The molecule has 20 heavy (non-hydrogen) atoms. The van der Waals surface area contributed by atoms with Crippen molar-refractivity contribution in [1.82, 2.24) is 0 Å². The van der Waals surface area contributed by atoms with Crippen LogP contribution in [0.2, 0.25) is 0 Å². The number of hydrogen-bond donors (Lipinski definition) is 0. The summed E-state index contributed by atoms with van der Waals surface area (Å²) in [4.78, 5) is 11.7. The summed E-state index contributed by atoms with van der Waals surface area (Å²) in [5.41, 5.74) is -2.17. The molecule has 1 aromatic rings. The predicted molar refractivity (Wildman–Crippen MR) is 65.7 cm³/mol. The van der Waals surface area contributed by atoms with Gasteiger partial charge in [-0.3, -0.25) is 0 Å². The van der Waals surface area contributed by atoms with E-state index in [0.717, 1.165) is 12.1 Å². The van der Waals surface area contributed by atoms with Gasteiger partial charge in [-0.1, -0.05) is 19.9 Å². The van der Waals surface area contributed by atoms with Gasteiger partial charge in [-0.2, -0.15) is 13.2 Å². The van der Waals surface area contributed by atoms with Gasteiger partial charge in [0.2, 0.25) is 0 Å². The van der Waals surface area contributed by atoms with Gasteiger partial charge >= 0.3 is 12.1 Å². The first-order valence-corrected chi connectivity index (χ1v) is 6.19. The lowest BCUT2D eigenvalue weighted by molar-refractivity contribution is -0.140. The topological polar surface area (TPSA) is 26.3 Å². The average Bonchev–Trinajstić information content (AvgIpc) is 2.25. The van der Waals surface area contributed by atoms with Crippen LogP contribution in [-0.2, 0) is 10.9 Å². The molecule has 0 radical (unpaired) electrons. The molecule has 0 aliphatic carbocycles. The third-order valence-electron chi connectivity index (χ3n) is 2.64. The number of ether oxygens (including phenoxy) is 1. The molecule has 0 aromatic heterocycles. The second-order valence-corrected chi connectivity index (χ2v) is 5.01. The van der Waals surface area contributed by atoms with E-state index in [1.54, 1.807) is 6.92 Å². The van der Waals surface area contributed by atoms with Crippen LogP contribution in [0.3, 0.4) is 0 Å². The van der Waals surface area contributed by atoms with Crippen molar-refractivity contribution in [2.75, 3.05) is 0 Å². The molecule has 2 nitrogen and oxygen atoms in total. The first kappa shape index (κ1) is 16.5. The predicted octanol–water partition coefficient (Wildman–Crippen LogP) is 4.44. The molecule has 0 spiro atoms. The van der Waals surface area contributed by atoms with Crippen LogP contribution in [0.5, 0.6) is 0 Å². The summed E-state index contributed by atoms with van der Waals surface area (Å²) in [7, 11) is 0. The zero-order valence-electron chi connectivity index (χ0n) is 11.4. The van der Waals surface area contributed by atoms with E-state index in [9.17, 15) is 22.4 Å². The molecular formula is C14H16F4O2. The van der Waals surface area contributed by atoms with E-state index in [1.165, 1.54) is 0 Å². The third-order valence-corrected chi connectivity index (χ3v) is 2.64. The number of rotatable bonds is 4. The lowest BCUT2D eigenvalue weighted by atomic mass is 10.1. The number of esters is 1. The van der Waals surface area contributed by atoms with Crippen molar-refractivity contribution in [3.05, 3.63) is 35.1 Å². The Morgan fingerprint density at radius 3 is 2.35 bits per heavy atom. The minimum atomic E-state index is -4.84. The van der Waals surface area contributed by atoms with Crippen molar-refractivity contribution in [2.24, 2.45) is 5.92 Å². The molecule has 0 aliphatic heterocycles. The van der Waals surface area contributed by atoms with Crippen molar-refractivity contribution >= 4 is 5.97 Å². The van der Waals surface area contributed by atoms with Crippen LogP contribution in [0.1, 0.15) is 43.1 Å². The van der Waals surface area contributed by atoms with Gasteiger partial charge in [0.1, 0.15) is 5.82 Å². The molecule has 0 amide bonds. The Balaban J connectivity index is 2.95. The van der Waals surface area contributed by atoms with Crippen molar-refractivity contribution in [1.29, 1.82) is 0 Å². The number of carbonyl (C=O) groups excluding carboxylic acids is 1. The highest BCUT2D eigenvalue weighted by Crippen LogP contribution is 2.32. The van der Waals surface area contributed by atoms with Gasteiger partial charge in [0, 0.05) is 0 Å². The molecule has 6 heteroatoms. The standard InChI is InChI=1S/C14H16F4O2/c1-8(2)7-9(3)20-13(19)10-5-4-6-11(12(10)15)14(16,17)18/h4-6,8-9H,7H2,1-3H3. The zero-order valence-corrected chi connectivity index (χ0v) is 11.4. The Bertz CT molecular complexity index is 481. The first-order chi connectivity index (χ1) is 9.12. The number of alkyl halides is 3. The monoisotopic (exact) mass is 292 g/mol. The molecule has 1 aromatic carbocycles. The van der Waals surface area contributed by atoms with Crippen LogP contribution in [0.25, 0.3) is 0 Å². The fourth-order valence-corrected chi connectivity index (χ4v) is 1.87. The van der Waals surface area contributed by atoms with Crippen LogP contribution < -0.4 is 0 Å². The van der Waals surface area contributed by atoms with E-state index in [-0.39, 0.29) is 5.92 Å². The summed E-state index contributed by atoms with van der Waals surface area (Å²) in [5.74, 6) is -2.42. The van der Waals surface area contributed by atoms with Gasteiger partial charge in [0.05, 0.1) is 17.2 Å². The molecule has 0 saturated carbocycles. The molecule has 1 atom stereocenters. The Labute approximate surface area is 114 Å². The number of halogens is 4.